The third kappa shape index (κ3) is 9.12. The molecule has 2 aliphatic heterocycles. The van der Waals surface area contributed by atoms with E-state index in [1.165, 1.54) is 32.9 Å². The maximum Gasteiger partial charge on any atom is 0.431 e. The minimum Gasteiger partial charge on any atom is -0.467 e. The fraction of sp³-hybridized carbons (Fsp3) is 0.654. The van der Waals surface area contributed by atoms with Gasteiger partial charge in [-0.05, 0) is 32.9 Å². The number of nitrogens with zero attached hydrogens (tertiary/aromatic N) is 2. The molecule has 7 unspecified atom stereocenters. The second-order valence-corrected chi connectivity index (χ2v) is 9.14. The van der Waals surface area contributed by atoms with Gasteiger partial charge in [-0.1, -0.05) is 0 Å². The predicted octanol–water partition coefficient (Wildman–Crippen LogP) is 0.772. The lowest BCUT2D eigenvalue weighted by atomic mass is 9.94. The minimum absolute atomic E-state index is 0.135. The predicted molar refractivity (Wildman–Crippen MR) is 138 cm³/mol. The number of carbonyl (C=O) groups excluding carboxylic acids is 7. The third-order valence-corrected chi connectivity index (χ3v) is 5.81. The molecule has 17 heteroatoms. The van der Waals surface area contributed by atoms with E-state index in [1.54, 1.807) is 0 Å². The Bertz CT molecular complexity index is 1110. The lowest BCUT2D eigenvalue weighted by molar-refractivity contribution is -0.323. The Hall–Kier alpha value is -4.25. The fourth-order valence-electron chi connectivity index (χ4n) is 4.34. The summed E-state index contributed by atoms with van der Waals surface area (Å²) in [5.41, 5.74) is 0. The molecule has 0 spiro atoms. The first kappa shape index (κ1) is 34.9. The number of esters is 4. The third-order valence-electron chi connectivity index (χ3n) is 5.81. The summed E-state index contributed by atoms with van der Waals surface area (Å²) in [7, 11) is 1.07. The average molecular weight is 617 g/mol. The van der Waals surface area contributed by atoms with Crippen molar-refractivity contribution in [3.05, 3.63) is 12.2 Å². The van der Waals surface area contributed by atoms with E-state index in [0.29, 0.717) is 10.0 Å². The maximum atomic E-state index is 13.2. The Kier molecular flexibility index (Phi) is 12.9. The summed E-state index contributed by atoms with van der Waals surface area (Å²) >= 11 is 0. The Labute approximate surface area is 247 Å². The maximum absolute atomic E-state index is 13.2. The number of hydrogen-bond acceptors (Lipinski definition) is 15. The molecular weight excluding hydrogens is 580 g/mol. The van der Waals surface area contributed by atoms with Crippen molar-refractivity contribution < 1.29 is 71.5 Å². The van der Waals surface area contributed by atoms with Gasteiger partial charge in [-0.2, -0.15) is 10.0 Å². The fourth-order valence-corrected chi connectivity index (χ4v) is 4.34. The number of ether oxygens (including phenoxy) is 8. The van der Waals surface area contributed by atoms with E-state index >= 15 is 0 Å². The summed E-state index contributed by atoms with van der Waals surface area (Å²) in [6, 6.07) is -1.49. The Morgan fingerprint density at radius 3 is 1.72 bits per heavy atom. The molecule has 7 atom stereocenters. The van der Waals surface area contributed by atoms with Crippen LogP contribution in [0, 0.1) is 0 Å². The summed E-state index contributed by atoms with van der Waals surface area (Å²) in [6.45, 7) is 7.11. The first-order valence-electron chi connectivity index (χ1n) is 13.3. The zero-order chi connectivity index (χ0) is 32.4. The molecule has 0 aromatic rings. The first-order valence-corrected chi connectivity index (χ1v) is 13.3. The van der Waals surface area contributed by atoms with Crippen molar-refractivity contribution in [2.24, 2.45) is 0 Å². The van der Waals surface area contributed by atoms with Crippen molar-refractivity contribution in [3.63, 3.8) is 0 Å². The molecule has 0 aromatic heterocycles. The van der Waals surface area contributed by atoms with Crippen molar-refractivity contribution in [2.45, 2.75) is 90.9 Å². The molecule has 0 saturated carbocycles. The van der Waals surface area contributed by atoms with Gasteiger partial charge in [-0.25, -0.2) is 14.4 Å². The number of ketones is 1. The second kappa shape index (κ2) is 15.8. The van der Waals surface area contributed by atoms with E-state index in [1.807, 2.05) is 0 Å². The van der Waals surface area contributed by atoms with Crippen molar-refractivity contribution in [3.8, 4) is 0 Å². The lowest BCUT2D eigenvalue weighted by Crippen LogP contribution is -2.66. The summed E-state index contributed by atoms with van der Waals surface area (Å²) in [4.78, 5) is 87.0. The Morgan fingerprint density at radius 1 is 0.721 bits per heavy atom. The van der Waals surface area contributed by atoms with Gasteiger partial charge in [-0.15, -0.1) is 0 Å². The molecule has 0 aromatic carbocycles. The molecule has 0 radical (unpaired) electrons. The molecule has 0 N–H and O–H groups in total. The highest BCUT2D eigenvalue weighted by Gasteiger charge is 2.54. The zero-order valence-corrected chi connectivity index (χ0v) is 24.8. The van der Waals surface area contributed by atoms with E-state index in [2.05, 4.69) is 0 Å². The highest BCUT2D eigenvalue weighted by atomic mass is 16.7. The van der Waals surface area contributed by atoms with Crippen LogP contribution < -0.4 is 0 Å². The van der Waals surface area contributed by atoms with Gasteiger partial charge in [0.15, 0.2) is 30.6 Å². The normalized spacial score (nSPS) is 26.5. The summed E-state index contributed by atoms with van der Waals surface area (Å²) in [6.07, 6.45) is -9.46. The van der Waals surface area contributed by atoms with E-state index in [0.717, 1.165) is 27.9 Å². The van der Waals surface area contributed by atoms with Crippen LogP contribution in [0.1, 0.15) is 48.0 Å². The Morgan fingerprint density at radius 2 is 1.23 bits per heavy atom. The van der Waals surface area contributed by atoms with Crippen LogP contribution in [0.2, 0.25) is 0 Å². The minimum atomic E-state index is -1.71. The monoisotopic (exact) mass is 616 g/mol. The highest BCUT2D eigenvalue weighted by Crippen LogP contribution is 2.33. The largest absolute Gasteiger partial charge is 0.467 e. The summed E-state index contributed by atoms with van der Waals surface area (Å²) in [5, 5.41) is 1.23. The van der Waals surface area contributed by atoms with Crippen LogP contribution >= 0.6 is 0 Å². The van der Waals surface area contributed by atoms with Gasteiger partial charge < -0.3 is 37.9 Å². The van der Waals surface area contributed by atoms with Gasteiger partial charge in [0.1, 0.15) is 11.9 Å². The molecule has 1 fully saturated rings. The van der Waals surface area contributed by atoms with Gasteiger partial charge in [0.05, 0.1) is 20.3 Å². The molecule has 2 aliphatic rings. The van der Waals surface area contributed by atoms with Crippen LogP contribution in [0.25, 0.3) is 0 Å². The number of hydrogen-bond donors (Lipinski definition) is 0. The molecule has 2 amide bonds. The van der Waals surface area contributed by atoms with Crippen molar-refractivity contribution in [2.75, 3.05) is 20.3 Å². The van der Waals surface area contributed by atoms with Crippen LogP contribution in [0.4, 0.5) is 9.59 Å². The van der Waals surface area contributed by atoms with Gasteiger partial charge >= 0.3 is 36.1 Å². The van der Waals surface area contributed by atoms with Crippen LogP contribution in [0.15, 0.2) is 12.2 Å². The molecule has 0 aliphatic carbocycles. The van der Waals surface area contributed by atoms with Gasteiger partial charge in [0, 0.05) is 27.2 Å². The molecule has 2 heterocycles. The summed E-state index contributed by atoms with van der Waals surface area (Å²) < 4.78 is 42.9. The van der Waals surface area contributed by atoms with E-state index in [9.17, 15) is 33.6 Å². The van der Waals surface area contributed by atoms with Crippen LogP contribution in [-0.4, -0.2) is 115 Å². The second-order valence-electron chi connectivity index (χ2n) is 9.14. The molecule has 43 heavy (non-hydrogen) atoms. The van der Waals surface area contributed by atoms with Crippen molar-refractivity contribution in [1.29, 1.82) is 0 Å². The average Bonchev–Trinajstić information content (AvgIpc) is 2.91. The van der Waals surface area contributed by atoms with Gasteiger partial charge in [-0.3, -0.25) is 19.2 Å². The number of methoxy groups -OCH3 is 1. The van der Waals surface area contributed by atoms with E-state index in [4.69, 9.17) is 37.9 Å². The molecule has 2 rings (SSSR count). The first-order chi connectivity index (χ1) is 20.2. The molecule has 0 bridgehead atoms. The standard InChI is InChI=1S/C26H36N2O15/c1-8-37-25(34)27-17(23(33)36-7)10-11-19(28(27)26(35)38-9-2)43-24-22(41-16(6)32)21(40-15(5)31)20(39-14(4)30)18(42-24)12-13(3)29/h10-11,17-22,24H,8-9,12H2,1-7H3. The lowest BCUT2D eigenvalue weighted by Gasteiger charge is -2.47. The number of amides is 2. The SMILES string of the molecule is CCOC(=O)N1C(OC2OC(CC(C)=O)C(OC(C)=O)C(OC(C)=O)C2OC(C)=O)C=CC(C(=O)OC)N1C(=O)OCC. The van der Waals surface area contributed by atoms with Crippen LogP contribution in [-0.2, 0) is 61.9 Å². The quantitative estimate of drug-likeness (QED) is 0.189. The topological polar surface area (TPSA) is 200 Å². The smallest absolute Gasteiger partial charge is 0.431 e. The molecule has 17 nitrogen and oxygen atoms in total. The van der Waals surface area contributed by atoms with Crippen molar-refractivity contribution in [1.82, 2.24) is 10.0 Å². The van der Waals surface area contributed by atoms with Crippen molar-refractivity contribution >= 4 is 41.8 Å². The summed E-state index contributed by atoms with van der Waals surface area (Å²) in [5.74, 6) is -3.91. The highest BCUT2D eigenvalue weighted by molar-refractivity contribution is 5.85. The number of Topliss-reactive ketones (excluding diaryl/α,β-unsaturated/α-hetero) is 1. The number of rotatable bonds is 10. The van der Waals surface area contributed by atoms with Crippen LogP contribution in [0.3, 0.4) is 0 Å². The zero-order valence-electron chi connectivity index (χ0n) is 24.8. The Balaban J connectivity index is 2.67. The van der Waals surface area contributed by atoms with Gasteiger partial charge in [0.25, 0.3) is 0 Å². The number of carbonyl (C=O) groups is 7. The number of hydrazine groups is 1. The molecular formula is C26H36N2O15. The van der Waals surface area contributed by atoms with E-state index in [-0.39, 0.29) is 19.6 Å². The van der Waals surface area contributed by atoms with Gasteiger partial charge in [0.2, 0.25) is 6.29 Å². The van der Waals surface area contributed by atoms with Crippen LogP contribution in [0.5, 0.6) is 0 Å². The molecule has 240 valence electrons. The van der Waals surface area contributed by atoms with E-state index < -0.39 is 84.8 Å². The molecule has 1 saturated heterocycles.